The van der Waals surface area contributed by atoms with E-state index >= 15 is 0 Å². The molecule has 2 heterocycles. The first-order valence-corrected chi connectivity index (χ1v) is 8.81. The summed E-state index contributed by atoms with van der Waals surface area (Å²) in [6, 6.07) is 5.51. The van der Waals surface area contributed by atoms with Crippen LogP contribution in [0.2, 0.25) is 0 Å². The molecule has 6 nitrogen and oxygen atoms in total. The van der Waals surface area contributed by atoms with Gasteiger partial charge in [-0.25, -0.2) is 9.97 Å². The van der Waals surface area contributed by atoms with Gasteiger partial charge in [0.05, 0.1) is 29.0 Å². The van der Waals surface area contributed by atoms with E-state index in [1.165, 1.54) is 0 Å². The molecule has 1 aliphatic rings. The zero-order chi connectivity index (χ0) is 17.8. The maximum Gasteiger partial charge on any atom is 0.251 e. The summed E-state index contributed by atoms with van der Waals surface area (Å²) in [5.41, 5.74) is 4.04. The number of likely N-dealkylation sites (tertiary alicyclic amines) is 1. The summed E-state index contributed by atoms with van der Waals surface area (Å²) in [5, 5.41) is 3.06. The lowest BCUT2D eigenvalue weighted by Crippen LogP contribution is -2.31. The van der Waals surface area contributed by atoms with Gasteiger partial charge in [0, 0.05) is 32.3 Å². The van der Waals surface area contributed by atoms with Gasteiger partial charge in [0.1, 0.15) is 0 Å². The highest BCUT2D eigenvalue weighted by molar-refractivity contribution is 5.97. The fourth-order valence-electron chi connectivity index (χ4n) is 3.21. The Balaban J connectivity index is 1.58. The SMILES string of the molecule is COCCN1CC[C@@H](CNC(=O)c2ccc3nc(C)c(C)nc3c2)C1. The molecule has 2 aromatic rings. The molecule has 0 bridgehead atoms. The Labute approximate surface area is 148 Å². The molecule has 0 aliphatic carbocycles. The highest BCUT2D eigenvalue weighted by Crippen LogP contribution is 2.16. The lowest BCUT2D eigenvalue weighted by Gasteiger charge is -2.15. The monoisotopic (exact) mass is 342 g/mol. The molecule has 6 heteroatoms. The predicted octanol–water partition coefficient (Wildman–Crippen LogP) is 1.94. The van der Waals surface area contributed by atoms with E-state index in [2.05, 4.69) is 20.2 Å². The molecule has 1 atom stereocenters. The summed E-state index contributed by atoms with van der Waals surface area (Å²) >= 11 is 0. The molecule has 0 saturated carbocycles. The van der Waals surface area contributed by atoms with Crippen molar-refractivity contribution in [1.29, 1.82) is 0 Å². The fourth-order valence-corrected chi connectivity index (χ4v) is 3.21. The molecule has 1 aromatic heterocycles. The molecule has 0 spiro atoms. The molecule has 134 valence electrons. The molecule has 3 rings (SSSR count). The third-order valence-electron chi connectivity index (χ3n) is 4.87. The number of nitrogens with zero attached hydrogens (tertiary/aromatic N) is 3. The number of hydrogen-bond donors (Lipinski definition) is 1. The Morgan fingerprint density at radius 3 is 2.80 bits per heavy atom. The normalized spacial score (nSPS) is 18.0. The second kappa shape index (κ2) is 7.89. The van der Waals surface area contributed by atoms with Crippen molar-refractivity contribution in [3.05, 3.63) is 35.2 Å². The smallest absolute Gasteiger partial charge is 0.251 e. The van der Waals surface area contributed by atoms with Gasteiger partial charge >= 0.3 is 0 Å². The van der Waals surface area contributed by atoms with Crippen LogP contribution in [0.3, 0.4) is 0 Å². The van der Waals surface area contributed by atoms with Gasteiger partial charge < -0.3 is 15.0 Å². The van der Waals surface area contributed by atoms with Crippen molar-refractivity contribution < 1.29 is 9.53 Å². The summed E-state index contributed by atoms with van der Waals surface area (Å²) in [4.78, 5) is 23.9. The topological polar surface area (TPSA) is 67.3 Å². The Hall–Kier alpha value is -2.05. The van der Waals surface area contributed by atoms with Crippen molar-refractivity contribution in [1.82, 2.24) is 20.2 Å². The largest absolute Gasteiger partial charge is 0.383 e. The quantitative estimate of drug-likeness (QED) is 0.869. The van der Waals surface area contributed by atoms with Gasteiger partial charge in [0.15, 0.2) is 0 Å². The number of carbonyl (C=O) groups excluding carboxylic acids is 1. The van der Waals surface area contributed by atoms with Crippen LogP contribution < -0.4 is 5.32 Å². The van der Waals surface area contributed by atoms with E-state index in [1.54, 1.807) is 7.11 Å². The minimum atomic E-state index is -0.0442. The zero-order valence-corrected chi connectivity index (χ0v) is 15.2. The molecular weight excluding hydrogens is 316 g/mol. The summed E-state index contributed by atoms with van der Waals surface area (Å²) in [5.74, 6) is 0.461. The second-order valence-electron chi connectivity index (χ2n) is 6.76. The number of aromatic nitrogens is 2. The van der Waals surface area contributed by atoms with Crippen molar-refractivity contribution >= 4 is 16.9 Å². The van der Waals surface area contributed by atoms with E-state index in [0.29, 0.717) is 18.0 Å². The van der Waals surface area contributed by atoms with Gasteiger partial charge in [-0.1, -0.05) is 0 Å². The summed E-state index contributed by atoms with van der Waals surface area (Å²) in [6.45, 7) is 8.40. The minimum Gasteiger partial charge on any atom is -0.383 e. The number of amides is 1. The lowest BCUT2D eigenvalue weighted by atomic mass is 10.1. The summed E-state index contributed by atoms with van der Waals surface area (Å²) in [7, 11) is 1.73. The van der Waals surface area contributed by atoms with Crippen LogP contribution in [0.15, 0.2) is 18.2 Å². The van der Waals surface area contributed by atoms with E-state index in [1.807, 2.05) is 32.0 Å². The van der Waals surface area contributed by atoms with Crippen LogP contribution in [0.5, 0.6) is 0 Å². The van der Waals surface area contributed by atoms with E-state index < -0.39 is 0 Å². The average Bonchev–Trinajstić information content (AvgIpc) is 3.06. The Morgan fingerprint density at radius 2 is 2.04 bits per heavy atom. The molecule has 1 N–H and O–H groups in total. The first kappa shape index (κ1) is 17.8. The molecule has 1 aliphatic heterocycles. The number of nitrogens with one attached hydrogen (secondary N) is 1. The number of methoxy groups -OCH3 is 1. The van der Waals surface area contributed by atoms with Crippen LogP contribution in [0.25, 0.3) is 11.0 Å². The molecule has 1 fully saturated rings. The third kappa shape index (κ3) is 4.32. The van der Waals surface area contributed by atoms with Gasteiger partial charge in [-0.05, 0) is 50.9 Å². The van der Waals surface area contributed by atoms with E-state index in [0.717, 1.165) is 55.1 Å². The lowest BCUT2D eigenvalue weighted by molar-refractivity contribution is 0.0947. The van der Waals surface area contributed by atoms with Gasteiger partial charge in [-0.2, -0.15) is 0 Å². The van der Waals surface area contributed by atoms with Crippen LogP contribution in [0.4, 0.5) is 0 Å². The summed E-state index contributed by atoms with van der Waals surface area (Å²) in [6.07, 6.45) is 1.12. The third-order valence-corrected chi connectivity index (χ3v) is 4.87. The molecule has 1 amide bonds. The van der Waals surface area contributed by atoms with Crippen LogP contribution >= 0.6 is 0 Å². The van der Waals surface area contributed by atoms with Crippen LogP contribution in [-0.2, 0) is 4.74 Å². The van der Waals surface area contributed by atoms with Gasteiger partial charge in [-0.3, -0.25) is 4.79 Å². The first-order chi connectivity index (χ1) is 12.1. The number of carbonyl (C=O) groups is 1. The molecule has 0 radical (unpaired) electrons. The van der Waals surface area contributed by atoms with Crippen molar-refractivity contribution in [2.24, 2.45) is 5.92 Å². The van der Waals surface area contributed by atoms with Crippen LogP contribution in [0.1, 0.15) is 28.2 Å². The Kier molecular flexibility index (Phi) is 5.60. The van der Waals surface area contributed by atoms with Crippen LogP contribution in [-0.4, -0.2) is 60.7 Å². The Bertz CT molecular complexity index is 762. The van der Waals surface area contributed by atoms with Crippen molar-refractivity contribution in [3.8, 4) is 0 Å². The number of ether oxygens (including phenoxy) is 1. The fraction of sp³-hybridized carbons (Fsp3) is 0.526. The van der Waals surface area contributed by atoms with E-state index in [9.17, 15) is 4.79 Å². The molecule has 1 aromatic carbocycles. The molecule has 25 heavy (non-hydrogen) atoms. The second-order valence-corrected chi connectivity index (χ2v) is 6.76. The standard InChI is InChI=1S/C19H26N4O2/c1-13-14(2)22-18-10-16(4-5-17(18)21-13)19(24)20-11-15-6-7-23(12-15)8-9-25-3/h4-5,10,15H,6-9,11-12H2,1-3H3,(H,20,24)/t15-/m0/s1. The van der Waals surface area contributed by atoms with Crippen molar-refractivity contribution in [2.75, 3.05) is 39.9 Å². The number of hydrogen-bond acceptors (Lipinski definition) is 5. The average molecular weight is 342 g/mol. The van der Waals surface area contributed by atoms with Crippen molar-refractivity contribution in [3.63, 3.8) is 0 Å². The molecule has 0 unspecified atom stereocenters. The van der Waals surface area contributed by atoms with E-state index in [4.69, 9.17) is 4.74 Å². The highest BCUT2D eigenvalue weighted by Gasteiger charge is 2.22. The zero-order valence-electron chi connectivity index (χ0n) is 15.2. The maximum atomic E-state index is 12.5. The van der Waals surface area contributed by atoms with E-state index in [-0.39, 0.29) is 5.91 Å². The number of aryl methyl sites for hydroxylation is 2. The first-order valence-electron chi connectivity index (χ1n) is 8.81. The molecular formula is C19H26N4O2. The Morgan fingerprint density at radius 1 is 1.28 bits per heavy atom. The van der Waals surface area contributed by atoms with Crippen LogP contribution in [0, 0.1) is 19.8 Å². The predicted molar refractivity (Wildman–Crippen MR) is 97.8 cm³/mol. The minimum absolute atomic E-state index is 0.0442. The maximum absolute atomic E-state index is 12.5. The summed E-state index contributed by atoms with van der Waals surface area (Å²) < 4.78 is 5.12. The van der Waals surface area contributed by atoms with Gasteiger partial charge in [0.2, 0.25) is 0 Å². The van der Waals surface area contributed by atoms with Crippen molar-refractivity contribution in [2.45, 2.75) is 20.3 Å². The van der Waals surface area contributed by atoms with Gasteiger partial charge in [-0.15, -0.1) is 0 Å². The number of fused-ring (bicyclic) bond motifs is 1. The number of rotatable bonds is 6. The highest BCUT2D eigenvalue weighted by atomic mass is 16.5. The molecule has 1 saturated heterocycles. The number of benzene rings is 1. The van der Waals surface area contributed by atoms with Gasteiger partial charge in [0.25, 0.3) is 5.91 Å².